The van der Waals surface area contributed by atoms with Crippen molar-refractivity contribution < 1.29 is 18.3 Å². The zero-order valence-corrected chi connectivity index (χ0v) is 13.4. The zero-order valence-electron chi connectivity index (χ0n) is 12.5. The van der Waals surface area contributed by atoms with Crippen molar-refractivity contribution in [1.82, 2.24) is 4.31 Å². The van der Waals surface area contributed by atoms with Crippen molar-refractivity contribution >= 4 is 10.0 Å². The maximum absolute atomic E-state index is 12.3. The first-order valence-corrected chi connectivity index (χ1v) is 8.09. The molecule has 6 heteroatoms. The number of benzene rings is 1. The van der Waals surface area contributed by atoms with Gasteiger partial charge in [0.1, 0.15) is 6.61 Å². The monoisotopic (exact) mass is 311 g/mol. The van der Waals surface area contributed by atoms with E-state index >= 15 is 0 Å². The summed E-state index contributed by atoms with van der Waals surface area (Å²) in [5.74, 6) is 5.23. The van der Waals surface area contributed by atoms with Crippen LogP contribution in [0.4, 0.5) is 0 Å². The van der Waals surface area contributed by atoms with Crippen LogP contribution in [0.25, 0.3) is 0 Å². The molecular weight excluding hydrogens is 290 g/mol. The molecule has 1 aromatic carbocycles. The van der Waals surface area contributed by atoms with Gasteiger partial charge in [-0.15, -0.1) is 0 Å². The third-order valence-corrected chi connectivity index (χ3v) is 4.60. The van der Waals surface area contributed by atoms with Crippen LogP contribution in [-0.4, -0.2) is 50.7 Å². The number of aliphatic hydroxyl groups excluding tert-OH is 1. The highest BCUT2D eigenvalue weighted by Gasteiger charge is 2.20. The second-order valence-corrected chi connectivity index (χ2v) is 6.78. The molecule has 116 valence electrons. The predicted molar refractivity (Wildman–Crippen MR) is 81.3 cm³/mol. The van der Waals surface area contributed by atoms with E-state index in [1.54, 1.807) is 12.1 Å². The standard InChI is InChI=1S/C15H21NO4S/c1-13(2)20-12-10-16(3)21(18,19)15-8-6-14(7-9-15)5-4-11-17/h6-9,13,17H,10-12H2,1-3H3. The van der Waals surface area contributed by atoms with Crippen LogP contribution in [0.1, 0.15) is 19.4 Å². The summed E-state index contributed by atoms with van der Waals surface area (Å²) in [6.07, 6.45) is 0.0745. The lowest BCUT2D eigenvalue weighted by Crippen LogP contribution is -2.30. The van der Waals surface area contributed by atoms with Gasteiger partial charge in [0.2, 0.25) is 10.0 Å². The third kappa shape index (κ3) is 5.48. The number of ether oxygens (including phenoxy) is 1. The summed E-state index contributed by atoms with van der Waals surface area (Å²) < 4.78 is 31.3. The number of likely N-dealkylation sites (N-methyl/N-ethyl adjacent to an activating group) is 1. The average Bonchev–Trinajstić information content (AvgIpc) is 2.45. The molecule has 0 amide bonds. The lowest BCUT2D eigenvalue weighted by Gasteiger charge is -2.18. The van der Waals surface area contributed by atoms with Crippen LogP contribution in [0.2, 0.25) is 0 Å². The Morgan fingerprint density at radius 3 is 2.43 bits per heavy atom. The van der Waals surface area contributed by atoms with Crippen molar-refractivity contribution in [2.45, 2.75) is 24.8 Å². The van der Waals surface area contributed by atoms with E-state index in [9.17, 15) is 8.42 Å². The number of nitrogens with zero attached hydrogens (tertiary/aromatic N) is 1. The summed E-state index contributed by atoms with van der Waals surface area (Å²) in [6.45, 7) is 4.24. The number of sulfonamides is 1. The second kappa shape index (κ2) is 8.15. The van der Waals surface area contributed by atoms with Gasteiger partial charge in [0, 0.05) is 19.2 Å². The summed E-state index contributed by atoms with van der Waals surface area (Å²) in [5, 5.41) is 8.62. The van der Waals surface area contributed by atoms with Crippen molar-refractivity contribution in [1.29, 1.82) is 0 Å². The number of hydrogen-bond acceptors (Lipinski definition) is 4. The minimum Gasteiger partial charge on any atom is -0.384 e. The molecule has 0 aliphatic rings. The van der Waals surface area contributed by atoms with Gasteiger partial charge in [0.25, 0.3) is 0 Å². The van der Waals surface area contributed by atoms with E-state index in [-0.39, 0.29) is 17.6 Å². The van der Waals surface area contributed by atoms with Crippen LogP contribution in [0.15, 0.2) is 29.2 Å². The molecule has 0 radical (unpaired) electrons. The number of aliphatic hydroxyl groups is 1. The molecule has 0 aliphatic carbocycles. The Bertz CT molecular complexity index is 597. The van der Waals surface area contributed by atoms with E-state index in [0.29, 0.717) is 18.7 Å². The lowest BCUT2D eigenvalue weighted by atomic mass is 10.2. The van der Waals surface area contributed by atoms with Gasteiger partial charge in [-0.05, 0) is 38.1 Å². The Morgan fingerprint density at radius 2 is 1.90 bits per heavy atom. The fraction of sp³-hybridized carbons (Fsp3) is 0.467. The van der Waals surface area contributed by atoms with Gasteiger partial charge in [0.15, 0.2) is 0 Å². The summed E-state index contributed by atoms with van der Waals surface area (Å²) in [5.41, 5.74) is 0.661. The molecule has 1 N–H and O–H groups in total. The molecule has 0 unspecified atom stereocenters. The fourth-order valence-electron chi connectivity index (χ4n) is 1.57. The van der Waals surface area contributed by atoms with Crippen molar-refractivity contribution in [3.8, 4) is 11.8 Å². The third-order valence-electron chi connectivity index (χ3n) is 2.73. The molecule has 0 aliphatic heterocycles. The van der Waals surface area contributed by atoms with Gasteiger partial charge in [-0.3, -0.25) is 0 Å². The van der Waals surface area contributed by atoms with Crippen LogP contribution < -0.4 is 0 Å². The normalized spacial score (nSPS) is 11.5. The first-order chi connectivity index (χ1) is 9.87. The van der Waals surface area contributed by atoms with Crippen molar-refractivity contribution in [3.05, 3.63) is 29.8 Å². The molecule has 0 atom stereocenters. The van der Waals surface area contributed by atoms with Crippen LogP contribution >= 0.6 is 0 Å². The van der Waals surface area contributed by atoms with E-state index in [4.69, 9.17) is 9.84 Å². The van der Waals surface area contributed by atoms with Crippen LogP contribution in [0, 0.1) is 11.8 Å². The molecule has 21 heavy (non-hydrogen) atoms. The van der Waals surface area contributed by atoms with Gasteiger partial charge in [-0.1, -0.05) is 11.8 Å². The topological polar surface area (TPSA) is 66.8 Å². The first kappa shape index (κ1) is 17.7. The van der Waals surface area contributed by atoms with Crippen LogP contribution in [-0.2, 0) is 14.8 Å². The Labute approximate surface area is 126 Å². The van der Waals surface area contributed by atoms with Gasteiger partial charge in [0.05, 0.1) is 17.6 Å². The second-order valence-electron chi connectivity index (χ2n) is 4.73. The van der Waals surface area contributed by atoms with Crippen molar-refractivity contribution in [2.75, 3.05) is 26.8 Å². The predicted octanol–water partition coefficient (Wildman–Crippen LogP) is 1.08. The van der Waals surface area contributed by atoms with Crippen molar-refractivity contribution in [3.63, 3.8) is 0 Å². The smallest absolute Gasteiger partial charge is 0.242 e. The van der Waals surface area contributed by atoms with E-state index in [0.717, 1.165) is 0 Å². The maximum atomic E-state index is 12.3. The quantitative estimate of drug-likeness (QED) is 0.798. The molecule has 0 aromatic heterocycles. The Kier molecular flexibility index (Phi) is 6.85. The molecule has 0 spiro atoms. The Hall–Kier alpha value is -1.39. The van der Waals surface area contributed by atoms with Crippen LogP contribution in [0.3, 0.4) is 0 Å². The fourth-order valence-corrected chi connectivity index (χ4v) is 2.72. The van der Waals surface area contributed by atoms with Gasteiger partial charge in [-0.2, -0.15) is 4.31 Å². The van der Waals surface area contributed by atoms with E-state index in [2.05, 4.69) is 11.8 Å². The van der Waals surface area contributed by atoms with Gasteiger partial charge >= 0.3 is 0 Å². The van der Waals surface area contributed by atoms with E-state index < -0.39 is 10.0 Å². The summed E-state index contributed by atoms with van der Waals surface area (Å²) in [7, 11) is -1.99. The average molecular weight is 311 g/mol. The molecule has 0 fully saturated rings. The molecule has 0 heterocycles. The first-order valence-electron chi connectivity index (χ1n) is 6.65. The largest absolute Gasteiger partial charge is 0.384 e. The highest BCUT2D eigenvalue weighted by atomic mass is 32.2. The Morgan fingerprint density at radius 1 is 1.29 bits per heavy atom. The molecule has 0 saturated heterocycles. The minimum atomic E-state index is -3.52. The molecule has 1 rings (SSSR count). The number of hydrogen-bond donors (Lipinski definition) is 1. The molecule has 1 aromatic rings. The van der Waals surface area contributed by atoms with Gasteiger partial charge < -0.3 is 9.84 Å². The summed E-state index contributed by atoms with van der Waals surface area (Å²) in [6, 6.07) is 6.26. The highest BCUT2D eigenvalue weighted by Crippen LogP contribution is 2.14. The van der Waals surface area contributed by atoms with Gasteiger partial charge in [-0.25, -0.2) is 8.42 Å². The molecular formula is C15H21NO4S. The highest BCUT2D eigenvalue weighted by molar-refractivity contribution is 7.89. The molecule has 5 nitrogen and oxygen atoms in total. The number of rotatable bonds is 6. The minimum absolute atomic E-state index is 0.0745. The van der Waals surface area contributed by atoms with E-state index in [1.165, 1.54) is 23.5 Å². The summed E-state index contributed by atoms with van der Waals surface area (Å²) in [4.78, 5) is 0.212. The summed E-state index contributed by atoms with van der Waals surface area (Å²) >= 11 is 0. The maximum Gasteiger partial charge on any atom is 0.242 e. The van der Waals surface area contributed by atoms with E-state index in [1.807, 2.05) is 13.8 Å². The zero-order chi connectivity index (χ0) is 15.9. The Balaban J connectivity index is 2.77. The SMILES string of the molecule is CC(C)OCCN(C)S(=O)(=O)c1ccc(C#CCO)cc1. The molecule has 0 saturated carbocycles. The van der Waals surface area contributed by atoms with Crippen LogP contribution in [0.5, 0.6) is 0 Å². The molecule has 0 bridgehead atoms. The lowest BCUT2D eigenvalue weighted by molar-refractivity contribution is 0.0737. The van der Waals surface area contributed by atoms with Crippen molar-refractivity contribution in [2.24, 2.45) is 0 Å².